The predicted octanol–water partition coefficient (Wildman–Crippen LogP) is 2.25. The number of amides is 1. The molecular weight excluding hydrogens is 245 g/mol. The van der Waals surface area contributed by atoms with Crippen LogP contribution in [0.4, 0.5) is 4.39 Å². The minimum atomic E-state index is -0.606. The van der Waals surface area contributed by atoms with Crippen LogP contribution in [0.3, 0.4) is 0 Å². The van der Waals surface area contributed by atoms with Crippen LogP contribution in [0.5, 0.6) is 0 Å². The van der Waals surface area contributed by atoms with Crippen molar-refractivity contribution in [2.45, 2.75) is 6.92 Å². The number of hydrogen-bond acceptors (Lipinski definition) is 2. The first-order chi connectivity index (χ1) is 8.00. The topological polar surface area (TPSA) is 38.3 Å². The lowest BCUT2D eigenvalue weighted by molar-refractivity contribution is -0.0978. The number of hydrogen-bond donors (Lipinski definition) is 1. The fourth-order valence-electron chi connectivity index (χ4n) is 1.62. The Hall–Kier alpha value is -1.13. The molecule has 1 aliphatic rings. The van der Waals surface area contributed by atoms with Gasteiger partial charge in [-0.15, -0.1) is 0 Å². The van der Waals surface area contributed by atoms with Crippen molar-refractivity contribution in [3.63, 3.8) is 0 Å². The molecule has 0 spiro atoms. The van der Waals surface area contributed by atoms with E-state index < -0.39 is 11.7 Å². The summed E-state index contributed by atoms with van der Waals surface area (Å²) >= 11 is 5.61. The second-order valence-corrected chi connectivity index (χ2v) is 5.05. The average molecular weight is 258 g/mol. The van der Waals surface area contributed by atoms with E-state index in [1.165, 1.54) is 12.1 Å². The van der Waals surface area contributed by atoms with Gasteiger partial charge in [0.2, 0.25) is 0 Å². The van der Waals surface area contributed by atoms with Gasteiger partial charge in [-0.1, -0.05) is 18.5 Å². The highest BCUT2D eigenvalue weighted by Crippen LogP contribution is 2.25. The number of halogens is 2. The highest BCUT2D eigenvalue weighted by molar-refractivity contribution is 6.30. The maximum absolute atomic E-state index is 13.4. The molecule has 0 unspecified atom stereocenters. The Balaban J connectivity index is 1.99. The molecule has 5 heteroatoms. The van der Waals surface area contributed by atoms with Gasteiger partial charge in [0, 0.05) is 17.0 Å². The van der Waals surface area contributed by atoms with Crippen LogP contribution in [0.15, 0.2) is 18.2 Å². The molecule has 1 saturated heterocycles. The summed E-state index contributed by atoms with van der Waals surface area (Å²) in [4.78, 5) is 11.7. The molecule has 0 aromatic heterocycles. The van der Waals surface area contributed by atoms with Gasteiger partial charge < -0.3 is 10.1 Å². The molecule has 1 fully saturated rings. The summed E-state index contributed by atoms with van der Waals surface area (Å²) in [7, 11) is 0. The molecule has 3 nitrogen and oxygen atoms in total. The predicted molar refractivity (Wildman–Crippen MR) is 62.7 cm³/mol. The summed E-state index contributed by atoms with van der Waals surface area (Å²) in [5.41, 5.74) is -0.0169. The van der Waals surface area contributed by atoms with Crippen LogP contribution in [0.2, 0.25) is 5.02 Å². The van der Waals surface area contributed by atoms with Gasteiger partial charge in [0.05, 0.1) is 18.8 Å². The quantitative estimate of drug-likeness (QED) is 0.902. The van der Waals surface area contributed by atoms with E-state index >= 15 is 0 Å². The molecule has 1 heterocycles. The minimum Gasteiger partial charge on any atom is -0.380 e. The molecular formula is C12H13ClFNO2. The molecule has 0 aliphatic carbocycles. The first-order valence-corrected chi connectivity index (χ1v) is 5.69. The highest BCUT2D eigenvalue weighted by Gasteiger charge is 2.33. The zero-order chi connectivity index (χ0) is 12.5. The number of carbonyl (C=O) groups is 1. The van der Waals surface area contributed by atoms with Crippen LogP contribution in [-0.2, 0) is 4.74 Å². The minimum absolute atomic E-state index is 0.0123. The summed E-state index contributed by atoms with van der Waals surface area (Å²) in [5, 5.41) is 2.98. The van der Waals surface area contributed by atoms with E-state index in [2.05, 4.69) is 5.32 Å². The summed E-state index contributed by atoms with van der Waals surface area (Å²) in [6.07, 6.45) is 0. The van der Waals surface area contributed by atoms with Crippen molar-refractivity contribution in [1.29, 1.82) is 0 Å². The van der Waals surface area contributed by atoms with Gasteiger partial charge in [0.25, 0.3) is 5.91 Å². The van der Waals surface area contributed by atoms with Crippen molar-refractivity contribution in [3.05, 3.63) is 34.6 Å². The van der Waals surface area contributed by atoms with Crippen molar-refractivity contribution in [1.82, 2.24) is 5.32 Å². The maximum Gasteiger partial charge on any atom is 0.254 e. The van der Waals surface area contributed by atoms with Crippen LogP contribution in [0, 0.1) is 11.2 Å². The summed E-state index contributed by atoms with van der Waals surface area (Å²) in [6, 6.07) is 4.00. The Morgan fingerprint density at radius 1 is 1.59 bits per heavy atom. The molecule has 2 rings (SSSR count). The number of ether oxygens (including phenoxy) is 1. The zero-order valence-electron chi connectivity index (χ0n) is 9.43. The zero-order valence-corrected chi connectivity index (χ0v) is 10.2. The first kappa shape index (κ1) is 12.3. The molecule has 1 aromatic rings. The van der Waals surface area contributed by atoms with E-state index in [1.54, 1.807) is 0 Å². The van der Waals surface area contributed by atoms with Crippen LogP contribution >= 0.6 is 11.6 Å². The Kier molecular flexibility index (Phi) is 3.35. The molecule has 1 aromatic carbocycles. The fourth-order valence-corrected chi connectivity index (χ4v) is 1.77. The van der Waals surface area contributed by atoms with E-state index in [9.17, 15) is 9.18 Å². The van der Waals surface area contributed by atoms with Gasteiger partial charge in [-0.2, -0.15) is 0 Å². The third kappa shape index (κ3) is 2.76. The summed E-state index contributed by atoms with van der Waals surface area (Å²) in [5.74, 6) is -1.03. The van der Waals surface area contributed by atoms with Gasteiger partial charge in [-0.3, -0.25) is 4.79 Å². The van der Waals surface area contributed by atoms with Crippen molar-refractivity contribution in [2.24, 2.45) is 5.41 Å². The fraction of sp³-hybridized carbons (Fsp3) is 0.417. The Morgan fingerprint density at radius 2 is 2.29 bits per heavy atom. The molecule has 1 N–H and O–H groups in total. The molecule has 92 valence electrons. The van der Waals surface area contributed by atoms with Crippen LogP contribution in [-0.4, -0.2) is 25.7 Å². The lowest BCUT2D eigenvalue weighted by Gasteiger charge is -2.38. The molecule has 0 saturated carbocycles. The maximum atomic E-state index is 13.4. The Morgan fingerprint density at radius 3 is 2.82 bits per heavy atom. The molecule has 0 bridgehead atoms. The van der Waals surface area contributed by atoms with Gasteiger partial charge >= 0.3 is 0 Å². The van der Waals surface area contributed by atoms with Crippen LogP contribution in [0.25, 0.3) is 0 Å². The highest BCUT2D eigenvalue weighted by atomic mass is 35.5. The summed E-state index contributed by atoms with van der Waals surface area (Å²) in [6.45, 7) is 3.73. The van der Waals surface area contributed by atoms with Crippen LogP contribution < -0.4 is 5.32 Å². The second kappa shape index (κ2) is 4.63. The van der Waals surface area contributed by atoms with Gasteiger partial charge in [0.1, 0.15) is 5.82 Å². The molecule has 1 amide bonds. The first-order valence-electron chi connectivity index (χ1n) is 5.31. The lowest BCUT2D eigenvalue weighted by atomic mass is 9.88. The van der Waals surface area contributed by atoms with E-state index in [0.717, 1.165) is 6.07 Å². The van der Waals surface area contributed by atoms with E-state index in [1.807, 2.05) is 6.92 Å². The number of rotatable bonds is 3. The Bertz CT molecular complexity index is 446. The largest absolute Gasteiger partial charge is 0.380 e. The smallest absolute Gasteiger partial charge is 0.254 e. The SMILES string of the molecule is CC1(CNC(=O)c2ccc(Cl)cc2F)COC1. The molecule has 1 aliphatic heterocycles. The third-order valence-electron chi connectivity index (χ3n) is 2.75. The van der Waals surface area contributed by atoms with E-state index in [0.29, 0.717) is 19.8 Å². The standard InChI is InChI=1S/C12H13ClFNO2/c1-12(6-17-7-12)5-15-11(16)9-3-2-8(13)4-10(9)14/h2-4H,5-7H2,1H3,(H,15,16). The van der Waals surface area contributed by atoms with Crippen LogP contribution in [0.1, 0.15) is 17.3 Å². The number of benzene rings is 1. The number of carbonyl (C=O) groups excluding carboxylic acids is 1. The van der Waals surface area contributed by atoms with Crippen molar-refractivity contribution in [2.75, 3.05) is 19.8 Å². The van der Waals surface area contributed by atoms with Gasteiger partial charge in [-0.25, -0.2) is 4.39 Å². The van der Waals surface area contributed by atoms with Gasteiger partial charge in [-0.05, 0) is 18.2 Å². The normalized spacial score (nSPS) is 17.4. The van der Waals surface area contributed by atoms with E-state index in [-0.39, 0.29) is 16.0 Å². The van der Waals surface area contributed by atoms with E-state index in [4.69, 9.17) is 16.3 Å². The Labute approximate surface area is 104 Å². The van der Waals surface area contributed by atoms with Gasteiger partial charge in [0.15, 0.2) is 0 Å². The monoisotopic (exact) mass is 257 g/mol. The average Bonchev–Trinajstić information content (AvgIpc) is 2.23. The van der Waals surface area contributed by atoms with Crippen molar-refractivity contribution < 1.29 is 13.9 Å². The third-order valence-corrected chi connectivity index (χ3v) is 2.99. The van der Waals surface area contributed by atoms with Crippen molar-refractivity contribution >= 4 is 17.5 Å². The summed E-state index contributed by atoms with van der Waals surface area (Å²) < 4.78 is 18.5. The molecule has 17 heavy (non-hydrogen) atoms. The number of nitrogens with one attached hydrogen (secondary N) is 1. The second-order valence-electron chi connectivity index (χ2n) is 4.61. The van der Waals surface area contributed by atoms with Crippen molar-refractivity contribution in [3.8, 4) is 0 Å². The molecule has 0 radical (unpaired) electrons. The lowest BCUT2D eigenvalue weighted by Crippen LogP contribution is -2.48. The molecule has 0 atom stereocenters.